The Balaban J connectivity index is 2.79. The first-order chi connectivity index (χ1) is 6.87. The van der Waals surface area contributed by atoms with Crippen LogP contribution in [0.3, 0.4) is 0 Å². The van der Waals surface area contributed by atoms with E-state index in [4.69, 9.17) is 0 Å². The molecule has 0 N–H and O–H groups in total. The highest BCUT2D eigenvalue weighted by molar-refractivity contribution is 5.30. The average Bonchev–Trinajstić information content (AvgIpc) is 1.99. The smallest absolute Gasteiger partial charge is 0.406 e. The Morgan fingerprint density at radius 2 is 2.07 bits per heavy atom. The lowest BCUT2D eigenvalue weighted by Crippen LogP contribution is -2.17. The highest BCUT2D eigenvalue weighted by Crippen LogP contribution is 2.23. The first-order valence-corrected chi connectivity index (χ1v) is 4.36. The molecule has 4 heteroatoms. The molecule has 0 amide bonds. The maximum absolute atomic E-state index is 11.9. The van der Waals surface area contributed by atoms with Crippen molar-refractivity contribution in [1.29, 1.82) is 0 Å². The Morgan fingerprint density at radius 1 is 1.40 bits per heavy atom. The number of rotatable bonds is 3. The molecule has 0 aromatic heterocycles. The number of benzene rings is 1. The lowest BCUT2D eigenvalue weighted by molar-refractivity contribution is -0.274. The molecular weight excluding hydrogens is 205 g/mol. The van der Waals surface area contributed by atoms with Gasteiger partial charge in [-0.2, -0.15) is 0 Å². The van der Waals surface area contributed by atoms with E-state index in [9.17, 15) is 13.2 Å². The van der Waals surface area contributed by atoms with E-state index in [1.165, 1.54) is 18.2 Å². The second-order valence-corrected chi connectivity index (χ2v) is 3.33. The van der Waals surface area contributed by atoms with E-state index in [1.807, 2.05) is 6.92 Å². The van der Waals surface area contributed by atoms with E-state index in [0.717, 1.165) is 11.1 Å². The Morgan fingerprint density at radius 3 is 2.60 bits per heavy atom. The van der Waals surface area contributed by atoms with Gasteiger partial charge in [0.15, 0.2) is 0 Å². The van der Waals surface area contributed by atoms with Crippen LogP contribution in [0.4, 0.5) is 13.2 Å². The van der Waals surface area contributed by atoms with Crippen LogP contribution in [0.5, 0.6) is 5.75 Å². The van der Waals surface area contributed by atoms with E-state index in [1.54, 1.807) is 6.07 Å². The summed E-state index contributed by atoms with van der Waals surface area (Å²) in [6.45, 7) is 5.51. The Bertz CT molecular complexity index is 355. The lowest BCUT2D eigenvalue weighted by atomic mass is 10.1. The summed E-state index contributed by atoms with van der Waals surface area (Å²) < 4.78 is 39.5. The minimum Gasteiger partial charge on any atom is -0.406 e. The van der Waals surface area contributed by atoms with Crippen molar-refractivity contribution in [1.82, 2.24) is 0 Å². The van der Waals surface area contributed by atoms with E-state index < -0.39 is 6.36 Å². The molecule has 82 valence electrons. The molecule has 0 heterocycles. The predicted octanol–water partition coefficient (Wildman–Crippen LogP) is 3.70. The van der Waals surface area contributed by atoms with Crippen LogP contribution >= 0.6 is 0 Å². The van der Waals surface area contributed by atoms with Gasteiger partial charge >= 0.3 is 6.36 Å². The number of ether oxygens (including phenoxy) is 1. The third-order valence-corrected chi connectivity index (χ3v) is 1.64. The molecule has 0 atom stereocenters. The molecule has 0 bridgehead atoms. The molecule has 1 rings (SSSR count). The number of hydrogen-bond acceptors (Lipinski definition) is 1. The van der Waals surface area contributed by atoms with Crippen LogP contribution in [0.15, 0.2) is 36.4 Å². The summed E-state index contributed by atoms with van der Waals surface area (Å²) >= 11 is 0. The van der Waals surface area contributed by atoms with E-state index >= 15 is 0 Å². The van der Waals surface area contributed by atoms with Crippen molar-refractivity contribution in [2.45, 2.75) is 19.7 Å². The van der Waals surface area contributed by atoms with Crippen molar-refractivity contribution in [2.24, 2.45) is 0 Å². The van der Waals surface area contributed by atoms with Gasteiger partial charge in [-0.25, -0.2) is 0 Å². The summed E-state index contributed by atoms with van der Waals surface area (Å²) in [6.07, 6.45) is -4.09. The second kappa shape index (κ2) is 4.38. The highest BCUT2D eigenvalue weighted by Gasteiger charge is 2.30. The fourth-order valence-corrected chi connectivity index (χ4v) is 1.20. The SMILES string of the molecule is C=C(C)Cc1cccc(OC(F)(F)F)c1. The van der Waals surface area contributed by atoms with Crippen molar-refractivity contribution in [2.75, 3.05) is 0 Å². The van der Waals surface area contributed by atoms with Crippen LogP contribution < -0.4 is 4.74 Å². The van der Waals surface area contributed by atoms with Crippen LogP contribution in [-0.2, 0) is 6.42 Å². The summed E-state index contributed by atoms with van der Waals surface area (Å²) in [5.41, 5.74) is 1.64. The first-order valence-electron chi connectivity index (χ1n) is 4.36. The monoisotopic (exact) mass is 216 g/mol. The first kappa shape index (κ1) is 11.6. The molecule has 0 aliphatic heterocycles. The fraction of sp³-hybridized carbons (Fsp3) is 0.273. The van der Waals surface area contributed by atoms with Crippen LogP contribution in [0.1, 0.15) is 12.5 Å². The van der Waals surface area contributed by atoms with Gasteiger partial charge < -0.3 is 4.74 Å². The van der Waals surface area contributed by atoms with Crippen LogP contribution in [0.25, 0.3) is 0 Å². The van der Waals surface area contributed by atoms with Gasteiger partial charge in [0.05, 0.1) is 0 Å². The summed E-state index contributed by atoms with van der Waals surface area (Å²) in [5.74, 6) is -0.193. The molecule has 0 fully saturated rings. The van der Waals surface area contributed by atoms with Crippen molar-refractivity contribution in [3.63, 3.8) is 0 Å². The Labute approximate surface area is 86.2 Å². The normalized spacial score (nSPS) is 11.2. The van der Waals surface area contributed by atoms with Crippen molar-refractivity contribution < 1.29 is 17.9 Å². The largest absolute Gasteiger partial charge is 0.573 e. The Kier molecular flexibility index (Phi) is 3.39. The quantitative estimate of drug-likeness (QED) is 0.700. The maximum Gasteiger partial charge on any atom is 0.573 e. The van der Waals surface area contributed by atoms with Gasteiger partial charge in [0.25, 0.3) is 0 Å². The molecule has 0 aliphatic rings. The topological polar surface area (TPSA) is 9.23 Å². The van der Waals surface area contributed by atoms with Gasteiger partial charge in [-0.15, -0.1) is 13.2 Å². The number of hydrogen-bond donors (Lipinski definition) is 0. The standard InChI is InChI=1S/C11H11F3O/c1-8(2)6-9-4-3-5-10(7-9)15-11(12,13)14/h3-5,7H,1,6H2,2H3. The summed E-state index contributed by atoms with van der Waals surface area (Å²) in [7, 11) is 0. The molecule has 0 spiro atoms. The van der Waals surface area contributed by atoms with Gasteiger partial charge in [-0.1, -0.05) is 24.3 Å². The predicted molar refractivity (Wildman–Crippen MR) is 51.6 cm³/mol. The van der Waals surface area contributed by atoms with Gasteiger partial charge in [0.2, 0.25) is 0 Å². The minimum atomic E-state index is -4.64. The van der Waals surface area contributed by atoms with Gasteiger partial charge in [-0.05, 0) is 31.0 Å². The summed E-state index contributed by atoms with van der Waals surface area (Å²) in [4.78, 5) is 0. The minimum absolute atomic E-state index is 0.193. The third-order valence-electron chi connectivity index (χ3n) is 1.64. The molecule has 0 saturated carbocycles. The number of allylic oxidation sites excluding steroid dienone is 1. The third kappa shape index (κ3) is 4.54. The number of alkyl halides is 3. The van der Waals surface area contributed by atoms with Gasteiger partial charge in [-0.3, -0.25) is 0 Å². The lowest BCUT2D eigenvalue weighted by Gasteiger charge is -2.09. The number of halogens is 3. The van der Waals surface area contributed by atoms with Gasteiger partial charge in [0, 0.05) is 0 Å². The van der Waals surface area contributed by atoms with Crippen LogP contribution in [0, 0.1) is 0 Å². The van der Waals surface area contributed by atoms with E-state index in [2.05, 4.69) is 11.3 Å². The van der Waals surface area contributed by atoms with Crippen molar-refractivity contribution in [3.8, 4) is 5.75 Å². The molecular formula is C11H11F3O. The zero-order valence-electron chi connectivity index (χ0n) is 8.27. The van der Waals surface area contributed by atoms with Crippen LogP contribution in [0.2, 0.25) is 0 Å². The summed E-state index contributed by atoms with van der Waals surface area (Å²) in [5, 5.41) is 0. The molecule has 1 nitrogen and oxygen atoms in total. The van der Waals surface area contributed by atoms with E-state index in [0.29, 0.717) is 6.42 Å². The molecule has 15 heavy (non-hydrogen) atoms. The molecule has 0 saturated heterocycles. The van der Waals surface area contributed by atoms with Crippen molar-refractivity contribution in [3.05, 3.63) is 42.0 Å². The maximum atomic E-state index is 11.9. The fourth-order valence-electron chi connectivity index (χ4n) is 1.20. The zero-order valence-corrected chi connectivity index (χ0v) is 8.27. The van der Waals surface area contributed by atoms with E-state index in [-0.39, 0.29) is 5.75 Å². The average molecular weight is 216 g/mol. The second-order valence-electron chi connectivity index (χ2n) is 3.33. The van der Waals surface area contributed by atoms with Gasteiger partial charge in [0.1, 0.15) is 5.75 Å². The van der Waals surface area contributed by atoms with Crippen molar-refractivity contribution >= 4 is 0 Å². The highest BCUT2D eigenvalue weighted by atomic mass is 19.4. The summed E-state index contributed by atoms with van der Waals surface area (Å²) in [6, 6.07) is 5.90. The molecule has 0 unspecified atom stereocenters. The molecule has 0 radical (unpaired) electrons. The molecule has 0 aliphatic carbocycles. The molecule has 1 aromatic rings. The zero-order chi connectivity index (χ0) is 11.5. The van der Waals surface area contributed by atoms with Crippen LogP contribution in [-0.4, -0.2) is 6.36 Å². The molecule has 1 aromatic carbocycles. The Hall–Kier alpha value is -1.45.